The first-order chi connectivity index (χ1) is 11.4. The summed E-state index contributed by atoms with van der Waals surface area (Å²) in [6, 6.07) is 0. The van der Waals surface area contributed by atoms with E-state index in [1.54, 1.807) is 0 Å². The number of thioether (sulfide) groups is 2. The van der Waals surface area contributed by atoms with Crippen LogP contribution in [0.1, 0.15) is 52.9 Å². The predicted octanol–water partition coefficient (Wildman–Crippen LogP) is 3.66. The zero-order chi connectivity index (χ0) is 17.9. The van der Waals surface area contributed by atoms with Gasteiger partial charge in [-0.3, -0.25) is 9.79 Å². The van der Waals surface area contributed by atoms with Gasteiger partial charge in [0.05, 0.1) is 12.4 Å². The molecule has 0 radical (unpaired) electrons. The molecule has 1 aliphatic rings. The summed E-state index contributed by atoms with van der Waals surface area (Å²) >= 11 is 4.27. The van der Waals surface area contributed by atoms with Crippen LogP contribution in [-0.2, 0) is 4.79 Å². The van der Waals surface area contributed by atoms with E-state index in [-0.39, 0.29) is 5.91 Å². The number of rotatable bonds is 8. The lowest BCUT2D eigenvalue weighted by atomic mass is 10.1. The highest BCUT2D eigenvalue weighted by Crippen LogP contribution is 2.36. The van der Waals surface area contributed by atoms with Crippen LogP contribution in [0.15, 0.2) is 4.99 Å². The number of aliphatic imine (C=N–C) groups is 1. The zero-order valence-corrected chi connectivity index (χ0v) is 17.6. The van der Waals surface area contributed by atoms with Gasteiger partial charge in [0.1, 0.15) is 0 Å². The summed E-state index contributed by atoms with van der Waals surface area (Å²) in [4.78, 5) is 18.2. The van der Waals surface area contributed by atoms with Crippen molar-refractivity contribution >= 4 is 35.3 Å². The van der Waals surface area contributed by atoms with Gasteiger partial charge < -0.3 is 10.2 Å². The lowest BCUT2D eigenvalue weighted by Crippen LogP contribution is -2.27. The third-order valence-electron chi connectivity index (χ3n) is 4.49. The SMILES string of the molecule is C/C(=N\CCNC(=O)CCCCC1CCSC(C)C(C)S1)N(C)C. The molecule has 1 amide bonds. The second kappa shape index (κ2) is 12.1. The maximum Gasteiger partial charge on any atom is 0.220 e. The summed E-state index contributed by atoms with van der Waals surface area (Å²) < 4.78 is 0. The molecule has 24 heavy (non-hydrogen) atoms. The number of unbranched alkanes of at least 4 members (excludes halogenated alkanes) is 1. The maximum atomic E-state index is 11.8. The molecule has 1 aliphatic heterocycles. The van der Waals surface area contributed by atoms with Gasteiger partial charge in [0.25, 0.3) is 0 Å². The lowest BCUT2D eigenvalue weighted by molar-refractivity contribution is -0.121. The number of carbonyl (C=O) groups is 1. The molecule has 1 rings (SSSR count). The lowest BCUT2D eigenvalue weighted by Gasteiger charge is -2.19. The Hall–Kier alpha value is -0.360. The molecule has 140 valence electrons. The van der Waals surface area contributed by atoms with E-state index < -0.39 is 0 Å². The molecule has 0 aromatic carbocycles. The van der Waals surface area contributed by atoms with Crippen LogP contribution in [0.4, 0.5) is 0 Å². The second-order valence-corrected chi connectivity index (χ2v) is 9.91. The topological polar surface area (TPSA) is 44.7 Å². The highest BCUT2D eigenvalue weighted by Gasteiger charge is 2.22. The summed E-state index contributed by atoms with van der Waals surface area (Å²) in [5.41, 5.74) is 0. The highest BCUT2D eigenvalue weighted by molar-refractivity contribution is 8.04. The molecule has 0 bridgehead atoms. The van der Waals surface area contributed by atoms with E-state index in [0.29, 0.717) is 19.5 Å². The first-order valence-corrected chi connectivity index (χ1v) is 11.1. The van der Waals surface area contributed by atoms with E-state index in [9.17, 15) is 4.79 Å². The Labute approximate surface area is 157 Å². The molecule has 4 nitrogen and oxygen atoms in total. The fraction of sp³-hybridized carbons (Fsp3) is 0.889. The molecule has 3 atom stereocenters. The van der Waals surface area contributed by atoms with Crippen molar-refractivity contribution in [2.24, 2.45) is 4.99 Å². The molecular weight excluding hydrogens is 338 g/mol. The number of nitrogens with one attached hydrogen (secondary N) is 1. The third-order valence-corrected chi connectivity index (χ3v) is 7.76. The number of amides is 1. The van der Waals surface area contributed by atoms with Crippen molar-refractivity contribution in [1.29, 1.82) is 0 Å². The van der Waals surface area contributed by atoms with Crippen molar-refractivity contribution in [3.8, 4) is 0 Å². The number of carbonyl (C=O) groups excluding carboxylic acids is 1. The van der Waals surface area contributed by atoms with Gasteiger partial charge >= 0.3 is 0 Å². The van der Waals surface area contributed by atoms with Crippen LogP contribution < -0.4 is 5.32 Å². The first kappa shape index (κ1) is 21.7. The number of nitrogens with zero attached hydrogens (tertiary/aromatic N) is 2. The van der Waals surface area contributed by atoms with Crippen LogP contribution in [0.2, 0.25) is 0 Å². The average molecular weight is 374 g/mol. The molecule has 0 aliphatic carbocycles. The van der Waals surface area contributed by atoms with Crippen molar-refractivity contribution in [2.45, 2.75) is 68.6 Å². The maximum absolute atomic E-state index is 11.8. The third kappa shape index (κ3) is 9.21. The van der Waals surface area contributed by atoms with Crippen molar-refractivity contribution < 1.29 is 4.79 Å². The molecule has 0 aromatic rings. The van der Waals surface area contributed by atoms with E-state index >= 15 is 0 Å². The standard InChI is InChI=1S/C18H35N3OS2/c1-14-15(2)24-17(10-13-23-14)8-6-7-9-18(22)20-12-11-19-16(3)21(4)5/h14-15,17H,6-13H2,1-5H3,(H,20,22)/b19-16+. The fourth-order valence-electron chi connectivity index (χ4n) is 2.52. The summed E-state index contributed by atoms with van der Waals surface area (Å²) in [5, 5.41) is 5.26. The Bertz CT molecular complexity index is 402. The minimum atomic E-state index is 0.166. The largest absolute Gasteiger partial charge is 0.367 e. The van der Waals surface area contributed by atoms with Crippen LogP contribution in [0.5, 0.6) is 0 Å². The van der Waals surface area contributed by atoms with E-state index in [1.165, 1.54) is 18.6 Å². The summed E-state index contributed by atoms with van der Waals surface area (Å²) in [6.45, 7) is 7.97. The zero-order valence-electron chi connectivity index (χ0n) is 16.0. The van der Waals surface area contributed by atoms with E-state index in [4.69, 9.17) is 0 Å². The van der Waals surface area contributed by atoms with Crippen LogP contribution >= 0.6 is 23.5 Å². The van der Waals surface area contributed by atoms with E-state index in [1.807, 2.05) is 25.9 Å². The van der Waals surface area contributed by atoms with E-state index in [2.05, 4.69) is 47.7 Å². The van der Waals surface area contributed by atoms with Crippen molar-refractivity contribution in [3.63, 3.8) is 0 Å². The normalized spacial score (nSPS) is 25.2. The Morgan fingerprint density at radius 2 is 2.00 bits per heavy atom. The number of amidine groups is 1. The molecule has 6 heteroatoms. The molecule has 1 saturated heterocycles. The minimum Gasteiger partial charge on any atom is -0.367 e. The van der Waals surface area contributed by atoms with Gasteiger partial charge in [0, 0.05) is 42.8 Å². The molecule has 0 saturated carbocycles. The molecule has 3 unspecified atom stereocenters. The molecular formula is C18H35N3OS2. The van der Waals surface area contributed by atoms with Gasteiger partial charge in [-0.25, -0.2) is 0 Å². The fourth-order valence-corrected chi connectivity index (χ4v) is 5.54. The summed E-state index contributed by atoms with van der Waals surface area (Å²) in [7, 11) is 3.95. The highest BCUT2D eigenvalue weighted by atomic mass is 32.2. The second-order valence-electron chi connectivity index (χ2n) is 6.75. The number of hydrogen-bond donors (Lipinski definition) is 1. The average Bonchev–Trinajstić information content (AvgIpc) is 2.69. The van der Waals surface area contributed by atoms with Crippen LogP contribution in [0.25, 0.3) is 0 Å². The van der Waals surface area contributed by atoms with Gasteiger partial charge in [0.2, 0.25) is 5.91 Å². The molecule has 1 heterocycles. The van der Waals surface area contributed by atoms with Gasteiger partial charge in [-0.1, -0.05) is 20.3 Å². The Balaban J connectivity index is 2.08. The molecule has 0 spiro atoms. The Kier molecular flexibility index (Phi) is 10.9. The molecule has 0 aromatic heterocycles. The van der Waals surface area contributed by atoms with Crippen molar-refractivity contribution in [2.75, 3.05) is 32.9 Å². The van der Waals surface area contributed by atoms with Gasteiger partial charge in [-0.15, -0.1) is 0 Å². The predicted molar refractivity (Wildman–Crippen MR) is 111 cm³/mol. The minimum absolute atomic E-state index is 0.166. The first-order valence-electron chi connectivity index (χ1n) is 9.12. The van der Waals surface area contributed by atoms with Crippen LogP contribution in [0, 0.1) is 0 Å². The quantitative estimate of drug-likeness (QED) is 0.401. The Morgan fingerprint density at radius 3 is 2.71 bits per heavy atom. The van der Waals surface area contributed by atoms with Crippen molar-refractivity contribution in [3.05, 3.63) is 0 Å². The number of hydrogen-bond acceptors (Lipinski definition) is 4. The Morgan fingerprint density at radius 1 is 1.25 bits per heavy atom. The van der Waals surface area contributed by atoms with Gasteiger partial charge in [-0.05, 0) is 31.9 Å². The van der Waals surface area contributed by atoms with E-state index in [0.717, 1.165) is 34.4 Å². The summed E-state index contributed by atoms with van der Waals surface area (Å²) in [5.74, 6) is 2.45. The van der Waals surface area contributed by atoms with Gasteiger partial charge in [-0.2, -0.15) is 23.5 Å². The van der Waals surface area contributed by atoms with Gasteiger partial charge in [0.15, 0.2) is 0 Å². The molecule has 1 fully saturated rings. The summed E-state index contributed by atoms with van der Waals surface area (Å²) in [6.07, 6.45) is 5.38. The smallest absolute Gasteiger partial charge is 0.220 e. The van der Waals surface area contributed by atoms with Crippen molar-refractivity contribution in [1.82, 2.24) is 10.2 Å². The van der Waals surface area contributed by atoms with Crippen LogP contribution in [0.3, 0.4) is 0 Å². The van der Waals surface area contributed by atoms with Crippen LogP contribution in [-0.4, -0.2) is 65.3 Å². The molecule has 1 N–H and O–H groups in total. The monoisotopic (exact) mass is 373 g/mol.